The van der Waals surface area contributed by atoms with Crippen LogP contribution in [0, 0.1) is 5.92 Å². The first-order valence-electron chi connectivity index (χ1n) is 10.3. The third-order valence-electron chi connectivity index (χ3n) is 5.86. The minimum Gasteiger partial charge on any atom is -0.355 e. The van der Waals surface area contributed by atoms with E-state index in [9.17, 15) is 13.2 Å². The molecule has 1 amide bonds. The number of carbonyl (C=O) groups excluding carboxylic acids is 1. The Balaban J connectivity index is 1.48. The molecule has 0 saturated carbocycles. The summed E-state index contributed by atoms with van der Waals surface area (Å²) in [6, 6.07) is 10.8. The molecule has 27 heavy (non-hydrogen) atoms. The number of carbonyl (C=O) groups is 1. The second kappa shape index (κ2) is 9.69. The first kappa shape index (κ1) is 20.3. The molecule has 0 bridgehead atoms. The molecule has 0 aromatic heterocycles. The summed E-state index contributed by atoms with van der Waals surface area (Å²) in [6.45, 7) is 2.87. The molecule has 2 heterocycles. The van der Waals surface area contributed by atoms with Gasteiger partial charge in [0, 0.05) is 19.0 Å². The first-order valence-corrected chi connectivity index (χ1v) is 12.1. The number of rotatable bonds is 8. The number of amides is 1. The van der Waals surface area contributed by atoms with Gasteiger partial charge in [-0.15, -0.1) is 0 Å². The van der Waals surface area contributed by atoms with Crippen molar-refractivity contribution in [1.82, 2.24) is 10.2 Å². The second-order valence-electron chi connectivity index (χ2n) is 8.05. The van der Waals surface area contributed by atoms with Crippen molar-refractivity contribution >= 4 is 15.7 Å². The van der Waals surface area contributed by atoms with Gasteiger partial charge in [-0.2, -0.15) is 0 Å². The summed E-state index contributed by atoms with van der Waals surface area (Å²) in [5, 5.41) is 3.11. The summed E-state index contributed by atoms with van der Waals surface area (Å²) in [7, 11) is -2.86. The predicted molar refractivity (Wildman–Crippen MR) is 108 cm³/mol. The van der Waals surface area contributed by atoms with Crippen LogP contribution in [0.2, 0.25) is 0 Å². The molecule has 3 rings (SSSR count). The monoisotopic (exact) mass is 392 g/mol. The molecule has 5 nitrogen and oxygen atoms in total. The van der Waals surface area contributed by atoms with Gasteiger partial charge in [-0.05, 0) is 56.7 Å². The van der Waals surface area contributed by atoms with Gasteiger partial charge in [-0.1, -0.05) is 36.8 Å². The maximum absolute atomic E-state index is 12.3. The Morgan fingerprint density at radius 1 is 1.15 bits per heavy atom. The number of nitrogens with one attached hydrogen (secondary N) is 1. The number of hydrogen-bond acceptors (Lipinski definition) is 4. The van der Waals surface area contributed by atoms with Gasteiger partial charge in [-0.25, -0.2) is 8.42 Å². The van der Waals surface area contributed by atoms with Crippen LogP contribution < -0.4 is 5.32 Å². The lowest BCUT2D eigenvalue weighted by Gasteiger charge is -2.35. The molecule has 2 unspecified atom stereocenters. The number of hydrogen-bond donors (Lipinski definition) is 1. The van der Waals surface area contributed by atoms with Crippen LogP contribution >= 0.6 is 0 Å². The van der Waals surface area contributed by atoms with Crippen molar-refractivity contribution in [2.75, 3.05) is 31.1 Å². The zero-order valence-electron chi connectivity index (χ0n) is 16.1. The lowest BCUT2D eigenvalue weighted by molar-refractivity contribution is -0.121. The molecule has 2 atom stereocenters. The number of likely N-dealkylation sites (tertiary alicyclic amines) is 1. The molecule has 2 fully saturated rings. The van der Waals surface area contributed by atoms with E-state index >= 15 is 0 Å². The van der Waals surface area contributed by atoms with E-state index in [2.05, 4.69) is 34.5 Å². The maximum atomic E-state index is 12.3. The molecule has 2 aliphatic heterocycles. The summed E-state index contributed by atoms with van der Waals surface area (Å²) >= 11 is 0. The Morgan fingerprint density at radius 3 is 2.56 bits per heavy atom. The van der Waals surface area contributed by atoms with Gasteiger partial charge in [-0.3, -0.25) is 9.69 Å². The van der Waals surface area contributed by atoms with E-state index in [1.54, 1.807) is 0 Å². The van der Waals surface area contributed by atoms with Gasteiger partial charge in [0.15, 0.2) is 9.84 Å². The summed E-state index contributed by atoms with van der Waals surface area (Å²) < 4.78 is 23.1. The van der Waals surface area contributed by atoms with E-state index in [4.69, 9.17) is 0 Å². The van der Waals surface area contributed by atoms with Crippen LogP contribution in [0.15, 0.2) is 30.3 Å². The average molecular weight is 393 g/mol. The van der Waals surface area contributed by atoms with Gasteiger partial charge in [0.25, 0.3) is 0 Å². The molecule has 1 aromatic rings. The molecule has 0 aliphatic carbocycles. The van der Waals surface area contributed by atoms with Crippen LogP contribution in [-0.4, -0.2) is 56.4 Å². The van der Waals surface area contributed by atoms with Gasteiger partial charge in [0.2, 0.25) is 5.91 Å². The Labute approximate surface area is 163 Å². The van der Waals surface area contributed by atoms with Crippen LogP contribution in [0.4, 0.5) is 0 Å². The normalized spacial score (nSPS) is 23.8. The summed E-state index contributed by atoms with van der Waals surface area (Å²) in [5.41, 5.74) is 1.30. The summed E-state index contributed by atoms with van der Waals surface area (Å²) in [6.07, 6.45) is 6.52. The SMILES string of the molecule is O=C(CCC1CCS(=O)(=O)C1)NCC(Cc1ccccc1)N1CCCCC1. The molecule has 1 aromatic carbocycles. The van der Waals surface area contributed by atoms with Crippen LogP contribution in [-0.2, 0) is 21.1 Å². The highest BCUT2D eigenvalue weighted by atomic mass is 32.2. The standard InChI is InChI=1S/C21H32N2O3S/c24-21(10-9-19-11-14-27(25,26)17-19)22-16-20(23-12-5-2-6-13-23)15-18-7-3-1-4-8-18/h1,3-4,7-8,19-20H,2,5-6,9-17H2,(H,22,24). The fraction of sp³-hybridized carbons (Fsp3) is 0.667. The van der Waals surface area contributed by atoms with E-state index in [1.165, 1.54) is 24.8 Å². The lowest BCUT2D eigenvalue weighted by atomic mass is 10.0. The first-order chi connectivity index (χ1) is 13.0. The quantitative estimate of drug-likeness (QED) is 0.738. The van der Waals surface area contributed by atoms with E-state index in [-0.39, 0.29) is 23.3 Å². The number of piperidine rings is 1. The van der Waals surface area contributed by atoms with Crippen molar-refractivity contribution < 1.29 is 13.2 Å². The van der Waals surface area contributed by atoms with Gasteiger partial charge >= 0.3 is 0 Å². The topological polar surface area (TPSA) is 66.5 Å². The highest BCUT2D eigenvalue weighted by Gasteiger charge is 2.28. The van der Waals surface area contributed by atoms with Crippen molar-refractivity contribution in [2.45, 2.75) is 51.0 Å². The zero-order chi connectivity index (χ0) is 19.1. The third-order valence-corrected chi connectivity index (χ3v) is 7.70. The second-order valence-corrected chi connectivity index (χ2v) is 10.3. The molecular formula is C21H32N2O3S. The minimum atomic E-state index is -2.86. The summed E-state index contributed by atoms with van der Waals surface area (Å²) in [5.74, 6) is 0.746. The van der Waals surface area contributed by atoms with Gasteiger partial charge < -0.3 is 5.32 Å². The van der Waals surface area contributed by atoms with Crippen molar-refractivity contribution in [2.24, 2.45) is 5.92 Å². The number of nitrogens with zero attached hydrogens (tertiary/aromatic N) is 1. The molecule has 2 saturated heterocycles. The zero-order valence-corrected chi connectivity index (χ0v) is 16.9. The van der Waals surface area contributed by atoms with E-state index in [1.807, 2.05) is 6.07 Å². The molecule has 6 heteroatoms. The fourth-order valence-electron chi connectivity index (χ4n) is 4.25. The maximum Gasteiger partial charge on any atom is 0.220 e. The van der Waals surface area contributed by atoms with E-state index in [0.717, 1.165) is 19.5 Å². The van der Waals surface area contributed by atoms with Crippen molar-refractivity contribution in [1.29, 1.82) is 0 Å². The van der Waals surface area contributed by atoms with Crippen molar-refractivity contribution in [3.05, 3.63) is 35.9 Å². The Kier molecular flexibility index (Phi) is 7.30. The summed E-state index contributed by atoms with van der Waals surface area (Å²) in [4.78, 5) is 14.8. The molecule has 0 radical (unpaired) electrons. The minimum absolute atomic E-state index is 0.0503. The van der Waals surface area contributed by atoms with Crippen molar-refractivity contribution in [3.63, 3.8) is 0 Å². The molecule has 0 spiro atoms. The number of benzene rings is 1. The van der Waals surface area contributed by atoms with Gasteiger partial charge in [0.1, 0.15) is 0 Å². The third kappa shape index (κ3) is 6.61. The van der Waals surface area contributed by atoms with E-state index in [0.29, 0.717) is 31.8 Å². The van der Waals surface area contributed by atoms with Crippen LogP contribution in [0.3, 0.4) is 0 Å². The average Bonchev–Trinajstić information content (AvgIpc) is 3.04. The van der Waals surface area contributed by atoms with Crippen molar-refractivity contribution in [3.8, 4) is 0 Å². The largest absolute Gasteiger partial charge is 0.355 e. The lowest BCUT2D eigenvalue weighted by Crippen LogP contribution is -2.47. The highest BCUT2D eigenvalue weighted by molar-refractivity contribution is 7.91. The van der Waals surface area contributed by atoms with Crippen LogP contribution in [0.1, 0.15) is 44.1 Å². The molecule has 150 valence electrons. The molecule has 1 N–H and O–H groups in total. The van der Waals surface area contributed by atoms with Crippen LogP contribution in [0.5, 0.6) is 0 Å². The van der Waals surface area contributed by atoms with Crippen LogP contribution in [0.25, 0.3) is 0 Å². The fourth-order valence-corrected chi connectivity index (χ4v) is 6.17. The number of sulfone groups is 1. The van der Waals surface area contributed by atoms with Gasteiger partial charge in [0.05, 0.1) is 11.5 Å². The smallest absolute Gasteiger partial charge is 0.220 e. The molecule has 2 aliphatic rings. The Hall–Kier alpha value is -1.40. The Bertz CT molecular complexity index is 699. The molecular weight excluding hydrogens is 360 g/mol. The predicted octanol–water partition coefficient (Wildman–Crippen LogP) is 2.41. The van der Waals surface area contributed by atoms with E-state index < -0.39 is 9.84 Å². The highest BCUT2D eigenvalue weighted by Crippen LogP contribution is 2.22. The Morgan fingerprint density at radius 2 is 1.89 bits per heavy atom.